The zero-order valence-electron chi connectivity index (χ0n) is 17.8. The highest BCUT2D eigenvalue weighted by Gasteiger charge is 2.23. The van der Waals surface area contributed by atoms with E-state index in [1.54, 1.807) is 6.07 Å². The Balaban J connectivity index is 1.29. The van der Waals surface area contributed by atoms with Gasteiger partial charge in [0.2, 0.25) is 5.91 Å². The van der Waals surface area contributed by atoms with Crippen LogP contribution in [-0.4, -0.2) is 36.5 Å². The van der Waals surface area contributed by atoms with Crippen molar-refractivity contribution < 1.29 is 9.18 Å². The Morgan fingerprint density at radius 3 is 2.55 bits per heavy atom. The summed E-state index contributed by atoms with van der Waals surface area (Å²) >= 11 is 3.56. The second-order valence-electron chi connectivity index (χ2n) is 9.01. The number of halogens is 2. The smallest absolute Gasteiger partial charge is 0.219 e. The van der Waals surface area contributed by atoms with Crippen molar-refractivity contribution in [2.75, 3.05) is 19.6 Å². The van der Waals surface area contributed by atoms with Crippen LogP contribution in [-0.2, 0) is 11.2 Å². The molecule has 29 heavy (non-hydrogen) atoms. The number of hydrogen-bond acceptors (Lipinski definition) is 2. The van der Waals surface area contributed by atoms with E-state index in [2.05, 4.69) is 26.1 Å². The van der Waals surface area contributed by atoms with Crippen molar-refractivity contribution in [3.05, 3.63) is 34.1 Å². The lowest BCUT2D eigenvalue weighted by molar-refractivity contribution is -0.121. The summed E-state index contributed by atoms with van der Waals surface area (Å²) in [6, 6.07) is 5.43. The van der Waals surface area contributed by atoms with Gasteiger partial charge >= 0.3 is 0 Å². The van der Waals surface area contributed by atoms with E-state index in [0.29, 0.717) is 18.4 Å². The van der Waals surface area contributed by atoms with Gasteiger partial charge in [-0.25, -0.2) is 4.39 Å². The molecule has 0 atom stereocenters. The number of likely N-dealkylation sites (tertiary alicyclic amines) is 1. The van der Waals surface area contributed by atoms with Gasteiger partial charge in [-0.15, -0.1) is 0 Å². The molecule has 0 aromatic heterocycles. The highest BCUT2D eigenvalue weighted by atomic mass is 79.9. The first-order valence-electron chi connectivity index (χ1n) is 11.5. The number of nitrogens with zero attached hydrogens (tertiary/aromatic N) is 1. The van der Waals surface area contributed by atoms with Crippen molar-refractivity contribution >= 4 is 21.8 Å². The summed E-state index contributed by atoms with van der Waals surface area (Å²) in [5.41, 5.74) is 1.11. The molecule has 1 saturated heterocycles. The highest BCUT2D eigenvalue weighted by molar-refractivity contribution is 9.10. The SMILES string of the molecule is CCC(=O)N[C@H]1CC[C@H](CCCN2CCC(Cc3cc(F)ccc3Br)CC2)CC1. The zero-order valence-corrected chi connectivity index (χ0v) is 19.4. The molecule has 2 aliphatic rings. The number of piperidine rings is 1. The third kappa shape index (κ3) is 7.36. The van der Waals surface area contributed by atoms with E-state index in [-0.39, 0.29) is 11.7 Å². The van der Waals surface area contributed by atoms with Crippen molar-refractivity contribution in [1.29, 1.82) is 0 Å². The number of carbonyl (C=O) groups is 1. The van der Waals surface area contributed by atoms with Gasteiger partial charge in [-0.1, -0.05) is 22.9 Å². The summed E-state index contributed by atoms with van der Waals surface area (Å²) in [6.45, 7) is 5.48. The van der Waals surface area contributed by atoms with Gasteiger partial charge in [-0.2, -0.15) is 0 Å². The summed E-state index contributed by atoms with van der Waals surface area (Å²) in [4.78, 5) is 14.1. The van der Waals surface area contributed by atoms with E-state index < -0.39 is 0 Å². The maximum atomic E-state index is 13.5. The van der Waals surface area contributed by atoms with Crippen molar-refractivity contribution in [2.45, 2.75) is 77.2 Å². The first-order valence-corrected chi connectivity index (χ1v) is 12.3. The largest absolute Gasteiger partial charge is 0.353 e. The molecule has 0 spiro atoms. The van der Waals surface area contributed by atoms with Crippen LogP contribution in [0.2, 0.25) is 0 Å². The summed E-state index contributed by atoms with van der Waals surface area (Å²) in [5, 5.41) is 3.15. The summed E-state index contributed by atoms with van der Waals surface area (Å²) < 4.78 is 14.5. The van der Waals surface area contributed by atoms with Gasteiger partial charge < -0.3 is 10.2 Å². The third-order valence-corrected chi connectivity index (χ3v) is 7.62. The summed E-state index contributed by atoms with van der Waals surface area (Å²) in [7, 11) is 0. The molecule has 1 aromatic rings. The van der Waals surface area contributed by atoms with E-state index in [9.17, 15) is 9.18 Å². The molecule has 1 saturated carbocycles. The molecule has 1 aliphatic heterocycles. The molecule has 0 unspecified atom stereocenters. The van der Waals surface area contributed by atoms with E-state index in [0.717, 1.165) is 35.2 Å². The predicted molar refractivity (Wildman–Crippen MR) is 120 cm³/mol. The quantitative estimate of drug-likeness (QED) is 0.531. The first-order chi connectivity index (χ1) is 14.0. The van der Waals surface area contributed by atoms with Gasteiger partial charge in [-0.05, 0) is 113 Å². The topological polar surface area (TPSA) is 32.3 Å². The molecular formula is C24H36BrFN2O. The number of amides is 1. The minimum atomic E-state index is -0.137. The van der Waals surface area contributed by atoms with Crippen molar-refractivity contribution in [2.24, 2.45) is 11.8 Å². The van der Waals surface area contributed by atoms with Gasteiger partial charge in [0.15, 0.2) is 0 Å². The molecule has 3 rings (SSSR count). The molecule has 2 fully saturated rings. The van der Waals surface area contributed by atoms with Crippen LogP contribution in [0.3, 0.4) is 0 Å². The lowest BCUT2D eigenvalue weighted by Crippen LogP contribution is -2.37. The standard InChI is InChI=1S/C24H36BrFN2O/c1-2-24(29)27-22-8-5-18(6-9-22)4-3-13-28-14-11-19(12-15-28)16-20-17-21(26)7-10-23(20)25/h7,10,17-19,22H,2-6,8-9,11-16H2,1H3,(H,27,29)/t18-,22-. The number of rotatable bonds is 8. The van der Waals surface area contributed by atoms with E-state index in [1.165, 1.54) is 64.2 Å². The third-order valence-electron chi connectivity index (χ3n) is 6.84. The zero-order chi connectivity index (χ0) is 20.6. The minimum absolute atomic E-state index is 0.137. The van der Waals surface area contributed by atoms with Crippen molar-refractivity contribution in [3.63, 3.8) is 0 Å². The number of benzene rings is 1. The lowest BCUT2D eigenvalue weighted by Gasteiger charge is -2.33. The average Bonchev–Trinajstić information content (AvgIpc) is 2.73. The van der Waals surface area contributed by atoms with Crippen LogP contribution in [0, 0.1) is 17.7 Å². The van der Waals surface area contributed by atoms with E-state index >= 15 is 0 Å². The Morgan fingerprint density at radius 2 is 1.86 bits per heavy atom. The molecule has 162 valence electrons. The van der Waals surface area contributed by atoms with E-state index in [1.807, 2.05) is 13.0 Å². The number of hydrogen-bond donors (Lipinski definition) is 1. The van der Waals surface area contributed by atoms with Crippen molar-refractivity contribution in [1.82, 2.24) is 10.2 Å². The van der Waals surface area contributed by atoms with Crippen LogP contribution in [0.1, 0.15) is 70.3 Å². The van der Waals surface area contributed by atoms with Gasteiger partial charge in [0.25, 0.3) is 0 Å². The normalized spacial score (nSPS) is 23.8. The van der Waals surface area contributed by atoms with Gasteiger partial charge in [-0.3, -0.25) is 4.79 Å². The van der Waals surface area contributed by atoms with Gasteiger partial charge in [0, 0.05) is 16.9 Å². The van der Waals surface area contributed by atoms with E-state index in [4.69, 9.17) is 0 Å². The Morgan fingerprint density at radius 1 is 1.14 bits per heavy atom. The summed E-state index contributed by atoms with van der Waals surface area (Å²) in [6.07, 6.45) is 11.4. The van der Waals surface area contributed by atoms with Gasteiger partial charge in [0.1, 0.15) is 5.82 Å². The Bertz CT molecular complexity index is 652. The average molecular weight is 467 g/mol. The van der Waals surface area contributed by atoms with Crippen LogP contribution in [0.25, 0.3) is 0 Å². The predicted octanol–water partition coefficient (Wildman–Crippen LogP) is 5.71. The molecule has 1 amide bonds. The van der Waals surface area contributed by atoms with Crippen LogP contribution < -0.4 is 5.32 Å². The highest BCUT2D eigenvalue weighted by Crippen LogP contribution is 2.29. The lowest BCUT2D eigenvalue weighted by atomic mass is 9.83. The molecule has 1 N–H and O–H groups in total. The molecule has 3 nitrogen and oxygen atoms in total. The number of carbonyl (C=O) groups excluding carboxylic acids is 1. The molecule has 1 heterocycles. The fraction of sp³-hybridized carbons (Fsp3) is 0.708. The molecule has 5 heteroatoms. The Labute approximate surface area is 183 Å². The monoisotopic (exact) mass is 466 g/mol. The maximum absolute atomic E-state index is 13.5. The number of nitrogens with one attached hydrogen (secondary N) is 1. The van der Waals surface area contributed by atoms with Crippen LogP contribution in [0.15, 0.2) is 22.7 Å². The van der Waals surface area contributed by atoms with Crippen LogP contribution in [0.5, 0.6) is 0 Å². The van der Waals surface area contributed by atoms with Crippen LogP contribution >= 0.6 is 15.9 Å². The fourth-order valence-electron chi connectivity index (χ4n) is 4.95. The molecule has 1 aromatic carbocycles. The first kappa shape index (κ1) is 22.7. The molecule has 1 aliphatic carbocycles. The second kappa shape index (κ2) is 11.5. The minimum Gasteiger partial charge on any atom is -0.353 e. The molecule has 0 radical (unpaired) electrons. The van der Waals surface area contributed by atoms with Crippen molar-refractivity contribution in [3.8, 4) is 0 Å². The van der Waals surface area contributed by atoms with Gasteiger partial charge in [0.05, 0.1) is 0 Å². The fourth-order valence-corrected chi connectivity index (χ4v) is 5.36. The Hall–Kier alpha value is -0.940. The second-order valence-corrected chi connectivity index (χ2v) is 9.86. The molecule has 0 bridgehead atoms. The van der Waals surface area contributed by atoms with Crippen LogP contribution in [0.4, 0.5) is 4.39 Å². The Kier molecular flexibility index (Phi) is 8.98. The molecular weight excluding hydrogens is 431 g/mol. The maximum Gasteiger partial charge on any atom is 0.219 e. The summed E-state index contributed by atoms with van der Waals surface area (Å²) in [5.74, 6) is 1.56.